The zero-order valence-corrected chi connectivity index (χ0v) is 17.3. The predicted octanol–water partition coefficient (Wildman–Crippen LogP) is 2.74. The molecule has 2 heterocycles. The van der Waals surface area contributed by atoms with Crippen LogP contribution in [0.15, 0.2) is 53.7 Å². The molecule has 30 heavy (non-hydrogen) atoms. The Morgan fingerprint density at radius 2 is 1.90 bits per heavy atom. The van der Waals surface area contributed by atoms with E-state index in [-0.39, 0.29) is 35.6 Å². The van der Waals surface area contributed by atoms with Crippen LogP contribution in [0.1, 0.15) is 18.4 Å². The summed E-state index contributed by atoms with van der Waals surface area (Å²) < 4.78 is 55.5. The highest BCUT2D eigenvalue weighted by Gasteiger charge is 2.33. The van der Waals surface area contributed by atoms with Gasteiger partial charge in [-0.3, -0.25) is 9.78 Å². The minimum atomic E-state index is -3.61. The number of rotatable bonds is 7. The zero-order chi connectivity index (χ0) is 21.7. The van der Waals surface area contributed by atoms with Crippen LogP contribution in [0.4, 0.5) is 8.78 Å². The molecule has 0 spiro atoms. The van der Waals surface area contributed by atoms with Crippen LogP contribution in [0.25, 0.3) is 0 Å². The van der Waals surface area contributed by atoms with Crippen LogP contribution in [0, 0.1) is 5.92 Å². The van der Waals surface area contributed by atoms with E-state index in [0.717, 1.165) is 5.56 Å². The Hall–Kier alpha value is -2.59. The molecule has 1 aliphatic rings. The number of amides is 1. The van der Waals surface area contributed by atoms with E-state index in [0.29, 0.717) is 19.4 Å². The van der Waals surface area contributed by atoms with Crippen molar-refractivity contribution >= 4 is 15.9 Å². The van der Waals surface area contributed by atoms with Gasteiger partial charge in [0, 0.05) is 45.0 Å². The number of hydrogen-bond acceptors (Lipinski definition) is 5. The van der Waals surface area contributed by atoms with Crippen molar-refractivity contribution in [2.45, 2.75) is 30.9 Å². The molecule has 0 radical (unpaired) electrons. The molecule has 3 rings (SSSR count). The van der Waals surface area contributed by atoms with E-state index < -0.39 is 16.6 Å². The van der Waals surface area contributed by atoms with Crippen molar-refractivity contribution in [3.63, 3.8) is 0 Å². The fourth-order valence-corrected chi connectivity index (χ4v) is 4.87. The third-order valence-electron chi connectivity index (χ3n) is 5.02. The number of aromatic nitrogens is 1. The van der Waals surface area contributed by atoms with Gasteiger partial charge in [0.1, 0.15) is 10.6 Å². The predicted molar refractivity (Wildman–Crippen MR) is 105 cm³/mol. The van der Waals surface area contributed by atoms with Crippen molar-refractivity contribution in [3.05, 3.63) is 54.4 Å². The van der Waals surface area contributed by atoms with Gasteiger partial charge in [0.2, 0.25) is 15.9 Å². The van der Waals surface area contributed by atoms with Gasteiger partial charge >= 0.3 is 6.61 Å². The normalized spacial score (nSPS) is 15.9. The standard InChI is InChI=1S/C20H23F2N3O4S/c1-24(14-15-4-6-17(7-5-15)29-20(21)22)19(26)16-8-11-25(12-9-16)30(27,28)18-3-2-10-23-13-18/h2-7,10,13,16,20H,8-9,11-12,14H2,1H3. The first-order valence-electron chi connectivity index (χ1n) is 9.46. The second-order valence-corrected chi connectivity index (χ2v) is 9.02. The van der Waals surface area contributed by atoms with Crippen molar-refractivity contribution in [1.29, 1.82) is 0 Å². The molecule has 1 amide bonds. The average molecular weight is 439 g/mol. The van der Waals surface area contributed by atoms with E-state index in [1.165, 1.54) is 34.9 Å². The zero-order valence-electron chi connectivity index (χ0n) is 16.4. The van der Waals surface area contributed by atoms with E-state index in [1.54, 1.807) is 30.1 Å². The maximum Gasteiger partial charge on any atom is 0.387 e. The molecule has 1 aromatic carbocycles. The second-order valence-electron chi connectivity index (χ2n) is 7.08. The molecule has 1 aliphatic heterocycles. The molecule has 162 valence electrons. The van der Waals surface area contributed by atoms with Gasteiger partial charge in [-0.2, -0.15) is 13.1 Å². The smallest absolute Gasteiger partial charge is 0.387 e. The van der Waals surface area contributed by atoms with Gasteiger partial charge in [0.25, 0.3) is 0 Å². The van der Waals surface area contributed by atoms with Gasteiger partial charge in [-0.25, -0.2) is 8.42 Å². The first-order chi connectivity index (χ1) is 14.3. The highest BCUT2D eigenvalue weighted by molar-refractivity contribution is 7.89. The Morgan fingerprint density at radius 3 is 2.47 bits per heavy atom. The number of pyridine rings is 1. The Labute approximate surface area is 174 Å². The molecule has 7 nitrogen and oxygen atoms in total. The number of hydrogen-bond donors (Lipinski definition) is 0. The summed E-state index contributed by atoms with van der Waals surface area (Å²) in [5.41, 5.74) is 0.782. The SMILES string of the molecule is CN(Cc1ccc(OC(F)F)cc1)C(=O)C1CCN(S(=O)(=O)c2cccnc2)CC1. The molecule has 0 aliphatic carbocycles. The first kappa shape index (κ1) is 22.1. The van der Waals surface area contributed by atoms with Crippen LogP contribution in [-0.4, -0.2) is 55.3 Å². The molecule has 1 fully saturated rings. The van der Waals surface area contributed by atoms with Gasteiger partial charge < -0.3 is 9.64 Å². The van der Waals surface area contributed by atoms with E-state index in [1.807, 2.05) is 0 Å². The van der Waals surface area contributed by atoms with E-state index in [9.17, 15) is 22.0 Å². The number of halogens is 2. The summed E-state index contributed by atoms with van der Waals surface area (Å²) >= 11 is 0. The van der Waals surface area contributed by atoms with Crippen LogP contribution in [0.5, 0.6) is 5.75 Å². The Balaban J connectivity index is 1.54. The molecular weight excluding hydrogens is 416 g/mol. The van der Waals surface area contributed by atoms with Crippen LogP contribution < -0.4 is 4.74 Å². The number of alkyl halides is 2. The molecule has 2 aromatic rings. The molecule has 1 aromatic heterocycles. The van der Waals surface area contributed by atoms with Gasteiger partial charge in [-0.1, -0.05) is 12.1 Å². The molecule has 0 unspecified atom stereocenters. The van der Waals surface area contributed by atoms with Crippen molar-refractivity contribution in [2.75, 3.05) is 20.1 Å². The molecule has 0 N–H and O–H groups in total. The number of nitrogens with zero attached hydrogens (tertiary/aromatic N) is 3. The Bertz CT molecular complexity index is 948. The summed E-state index contributed by atoms with van der Waals surface area (Å²) in [6, 6.07) is 9.20. The minimum absolute atomic E-state index is 0.0601. The fourth-order valence-electron chi connectivity index (χ4n) is 3.43. The lowest BCUT2D eigenvalue weighted by Gasteiger charge is -2.32. The van der Waals surface area contributed by atoms with Crippen LogP contribution >= 0.6 is 0 Å². The summed E-state index contributed by atoms with van der Waals surface area (Å²) in [6.07, 6.45) is 3.70. The second kappa shape index (κ2) is 9.48. The quantitative estimate of drug-likeness (QED) is 0.663. The largest absolute Gasteiger partial charge is 0.435 e. The Kier molecular flexibility index (Phi) is 6.99. The van der Waals surface area contributed by atoms with E-state index >= 15 is 0 Å². The maximum atomic E-state index is 12.8. The summed E-state index contributed by atoms with van der Waals surface area (Å²) in [6.45, 7) is -2.03. The molecule has 0 bridgehead atoms. The van der Waals surface area contributed by atoms with Gasteiger partial charge in [0.05, 0.1) is 0 Å². The van der Waals surface area contributed by atoms with Crippen molar-refractivity contribution < 1.29 is 26.7 Å². The van der Waals surface area contributed by atoms with Crippen LogP contribution in [0.2, 0.25) is 0 Å². The molecule has 0 atom stereocenters. The third kappa shape index (κ3) is 5.31. The summed E-state index contributed by atoms with van der Waals surface area (Å²) in [5, 5.41) is 0. The topological polar surface area (TPSA) is 79.8 Å². The first-order valence-corrected chi connectivity index (χ1v) is 10.9. The number of carbonyl (C=O) groups excluding carboxylic acids is 1. The minimum Gasteiger partial charge on any atom is -0.435 e. The van der Waals surface area contributed by atoms with Crippen LogP contribution in [-0.2, 0) is 21.4 Å². The molecule has 10 heteroatoms. The number of ether oxygens (including phenoxy) is 1. The lowest BCUT2D eigenvalue weighted by molar-refractivity contribution is -0.135. The average Bonchev–Trinajstić information content (AvgIpc) is 2.75. The van der Waals surface area contributed by atoms with Gasteiger partial charge in [-0.15, -0.1) is 0 Å². The summed E-state index contributed by atoms with van der Waals surface area (Å²) in [5.74, 6) is -0.275. The van der Waals surface area contributed by atoms with Crippen molar-refractivity contribution in [2.24, 2.45) is 5.92 Å². The molecular formula is C20H23F2N3O4S. The van der Waals surface area contributed by atoms with Crippen molar-refractivity contribution in [3.8, 4) is 5.75 Å². The number of carbonyl (C=O) groups is 1. The lowest BCUT2D eigenvalue weighted by Crippen LogP contribution is -2.43. The summed E-state index contributed by atoms with van der Waals surface area (Å²) in [4.78, 5) is 18.3. The van der Waals surface area contributed by atoms with E-state index in [4.69, 9.17) is 0 Å². The number of piperidine rings is 1. The number of sulfonamides is 1. The third-order valence-corrected chi connectivity index (χ3v) is 6.90. The van der Waals surface area contributed by atoms with Gasteiger partial charge in [-0.05, 0) is 42.7 Å². The van der Waals surface area contributed by atoms with Gasteiger partial charge in [0.15, 0.2) is 0 Å². The lowest BCUT2D eigenvalue weighted by atomic mass is 9.96. The fraction of sp³-hybridized carbons (Fsp3) is 0.400. The molecule has 0 saturated carbocycles. The summed E-state index contributed by atoms with van der Waals surface area (Å²) in [7, 11) is -1.94. The maximum absolute atomic E-state index is 12.8. The number of benzene rings is 1. The van der Waals surface area contributed by atoms with Crippen molar-refractivity contribution in [1.82, 2.24) is 14.2 Å². The monoisotopic (exact) mass is 439 g/mol. The highest BCUT2D eigenvalue weighted by Crippen LogP contribution is 2.25. The van der Waals surface area contributed by atoms with E-state index in [2.05, 4.69) is 9.72 Å². The Morgan fingerprint density at radius 1 is 1.23 bits per heavy atom. The highest BCUT2D eigenvalue weighted by atomic mass is 32.2. The molecule has 1 saturated heterocycles. The van der Waals surface area contributed by atoms with Crippen LogP contribution in [0.3, 0.4) is 0 Å².